The third-order valence-corrected chi connectivity index (χ3v) is 2.57. The molecule has 4 nitrogen and oxygen atoms in total. The number of nitrogens with one attached hydrogen (secondary N) is 1. The van der Waals surface area contributed by atoms with Gasteiger partial charge in [-0.15, -0.1) is 0 Å². The molecule has 0 radical (unpaired) electrons. The van der Waals surface area contributed by atoms with E-state index in [1.165, 1.54) is 0 Å². The van der Waals surface area contributed by atoms with Crippen molar-refractivity contribution >= 4 is 5.91 Å². The first-order valence-electron chi connectivity index (χ1n) is 5.47. The summed E-state index contributed by atoms with van der Waals surface area (Å²) in [5.74, 6) is 0.145. The van der Waals surface area contributed by atoms with Crippen molar-refractivity contribution in [3.05, 3.63) is 0 Å². The summed E-state index contributed by atoms with van der Waals surface area (Å²) < 4.78 is 0. The van der Waals surface area contributed by atoms with Gasteiger partial charge in [-0.1, -0.05) is 0 Å². The second-order valence-electron chi connectivity index (χ2n) is 3.91. The fourth-order valence-corrected chi connectivity index (χ4v) is 1.84. The van der Waals surface area contributed by atoms with Crippen LogP contribution in [-0.4, -0.2) is 43.0 Å². The topological polar surface area (TPSA) is 58.4 Å². The van der Waals surface area contributed by atoms with Crippen LogP contribution in [0.25, 0.3) is 0 Å². The van der Waals surface area contributed by atoms with Crippen LogP contribution in [0, 0.1) is 0 Å². The standard InChI is InChI=1S/C10H21N3O/c1-2-12-10(14)5-7-13-6-3-4-9(11)8-13/h9H,2-8,11H2,1H3,(H,12,14)/t9-/m1/s1. The number of likely N-dealkylation sites (tertiary alicyclic amines) is 1. The molecular formula is C10H21N3O. The summed E-state index contributed by atoms with van der Waals surface area (Å²) in [6.45, 7) is 5.54. The zero-order valence-electron chi connectivity index (χ0n) is 8.96. The van der Waals surface area contributed by atoms with Gasteiger partial charge in [-0.25, -0.2) is 0 Å². The quantitative estimate of drug-likeness (QED) is 0.666. The lowest BCUT2D eigenvalue weighted by atomic mass is 10.1. The van der Waals surface area contributed by atoms with Gasteiger partial charge in [0.05, 0.1) is 0 Å². The summed E-state index contributed by atoms with van der Waals surface area (Å²) in [5, 5.41) is 2.80. The molecule has 1 rings (SSSR count). The molecule has 3 N–H and O–H groups in total. The van der Waals surface area contributed by atoms with E-state index in [2.05, 4.69) is 10.2 Å². The maximum atomic E-state index is 11.2. The maximum Gasteiger partial charge on any atom is 0.221 e. The third kappa shape index (κ3) is 4.07. The van der Waals surface area contributed by atoms with Gasteiger partial charge in [-0.05, 0) is 26.3 Å². The molecule has 0 bridgehead atoms. The first-order valence-corrected chi connectivity index (χ1v) is 5.47. The Kier molecular flexibility index (Phi) is 4.90. The number of carbonyl (C=O) groups excluding carboxylic acids is 1. The highest BCUT2D eigenvalue weighted by molar-refractivity contribution is 5.75. The van der Waals surface area contributed by atoms with Gasteiger partial charge in [0.25, 0.3) is 0 Å². The smallest absolute Gasteiger partial charge is 0.221 e. The molecule has 0 aliphatic carbocycles. The van der Waals surface area contributed by atoms with Crippen LogP contribution < -0.4 is 11.1 Å². The number of rotatable bonds is 4. The Labute approximate surface area is 85.8 Å². The van der Waals surface area contributed by atoms with E-state index in [0.29, 0.717) is 12.5 Å². The molecule has 1 amide bonds. The summed E-state index contributed by atoms with van der Waals surface area (Å²) in [7, 11) is 0. The predicted octanol–water partition coefficient (Wildman–Crippen LogP) is -0.0643. The number of hydrogen-bond acceptors (Lipinski definition) is 3. The summed E-state index contributed by atoms with van der Waals surface area (Å²) in [4.78, 5) is 13.5. The zero-order chi connectivity index (χ0) is 10.4. The number of hydrogen-bond donors (Lipinski definition) is 2. The Hall–Kier alpha value is -0.610. The highest BCUT2D eigenvalue weighted by atomic mass is 16.1. The number of nitrogens with zero attached hydrogens (tertiary/aromatic N) is 1. The Morgan fingerprint density at radius 2 is 2.43 bits per heavy atom. The van der Waals surface area contributed by atoms with Crippen LogP contribution in [0.2, 0.25) is 0 Å². The number of piperidine rings is 1. The molecule has 0 aromatic rings. The predicted molar refractivity (Wildman–Crippen MR) is 57.0 cm³/mol. The number of carbonyl (C=O) groups is 1. The third-order valence-electron chi connectivity index (χ3n) is 2.57. The minimum atomic E-state index is 0.145. The molecule has 4 heteroatoms. The summed E-state index contributed by atoms with van der Waals surface area (Å²) in [5.41, 5.74) is 5.85. The van der Waals surface area contributed by atoms with Crippen LogP contribution >= 0.6 is 0 Å². The fraction of sp³-hybridized carbons (Fsp3) is 0.900. The second kappa shape index (κ2) is 5.98. The largest absolute Gasteiger partial charge is 0.356 e. The molecule has 1 fully saturated rings. The molecule has 82 valence electrons. The molecule has 14 heavy (non-hydrogen) atoms. The van der Waals surface area contributed by atoms with Crippen LogP contribution in [0.15, 0.2) is 0 Å². The maximum absolute atomic E-state index is 11.2. The van der Waals surface area contributed by atoms with Crippen molar-refractivity contribution in [2.75, 3.05) is 26.2 Å². The minimum absolute atomic E-state index is 0.145. The first kappa shape index (κ1) is 11.5. The van der Waals surface area contributed by atoms with Crippen LogP contribution in [0.1, 0.15) is 26.2 Å². The van der Waals surface area contributed by atoms with Crippen molar-refractivity contribution in [2.24, 2.45) is 5.73 Å². The molecule has 0 unspecified atom stereocenters. The average molecular weight is 199 g/mol. The van der Waals surface area contributed by atoms with E-state index in [0.717, 1.165) is 39.0 Å². The lowest BCUT2D eigenvalue weighted by molar-refractivity contribution is -0.121. The van der Waals surface area contributed by atoms with Crippen molar-refractivity contribution in [3.8, 4) is 0 Å². The van der Waals surface area contributed by atoms with E-state index in [1.807, 2.05) is 6.92 Å². The summed E-state index contributed by atoms with van der Waals surface area (Å²) >= 11 is 0. The monoisotopic (exact) mass is 199 g/mol. The second-order valence-corrected chi connectivity index (χ2v) is 3.91. The molecule has 0 aromatic carbocycles. The van der Waals surface area contributed by atoms with Crippen molar-refractivity contribution in [1.82, 2.24) is 10.2 Å². The van der Waals surface area contributed by atoms with Crippen LogP contribution in [-0.2, 0) is 4.79 Å². The lowest BCUT2D eigenvalue weighted by Gasteiger charge is -2.30. The molecule has 1 atom stereocenters. The first-order chi connectivity index (χ1) is 6.72. The van der Waals surface area contributed by atoms with E-state index in [4.69, 9.17) is 5.73 Å². The van der Waals surface area contributed by atoms with E-state index in [-0.39, 0.29) is 5.91 Å². The van der Waals surface area contributed by atoms with Gasteiger partial charge in [0.1, 0.15) is 0 Å². The molecule has 0 aromatic heterocycles. The molecule has 1 saturated heterocycles. The average Bonchev–Trinajstić information content (AvgIpc) is 2.15. The Bertz CT molecular complexity index is 184. The molecule has 1 aliphatic heterocycles. The fourth-order valence-electron chi connectivity index (χ4n) is 1.84. The van der Waals surface area contributed by atoms with Gasteiger partial charge >= 0.3 is 0 Å². The van der Waals surface area contributed by atoms with Crippen molar-refractivity contribution in [2.45, 2.75) is 32.2 Å². The highest BCUT2D eigenvalue weighted by Crippen LogP contribution is 2.07. The van der Waals surface area contributed by atoms with E-state index in [1.54, 1.807) is 0 Å². The van der Waals surface area contributed by atoms with Gasteiger partial charge in [0.15, 0.2) is 0 Å². The number of amides is 1. The van der Waals surface area contributed by atoms with Crippen molar-refractivity contribution < 1.29 is 4.79 Å². The van der Waals surface area contributed by atoms with Gasteiger partial charge in [0, 0.05) is 32.1 Å². The van der Waals surface area contributed by atoms with Crippen LogP contribution in [0.5, 0.6) is 0 Å². The van der Waals surface area contributed by atoms with Gasteiger partial charge in [-0.3, -0.25) is 4.79 Å². The van der Waals surface area contributed by atoms with E-state index in [9.17, 15) is 4.79 Å². The van der Waals surface area contributed by atoms with Crippen LogP contribution in [0.3, 0.4) is 0 Å². The molecule has 1 heterocycles. The highest BCUT2D eigenvalue weighted by Gasteiger charge is 2.16. The Morgan fingerprint density at radius 1 is 1.64 bits per heavy atom. The summed E-state index contributed by atoms with van der Waals surface area (Å²) in [6, 6.07) is 0.304. The van der Waals surface area contributed by atoms with Gasteiger partial charge < -0.3 is 16.0 Å². The minimum Gasteiger partial charge on any atom is -0.356 e. The lowest BCUT2D eigenvalue weighted by Crippen LogP contribution is -2.44. The Balaban J connectivity index is 2.14. The molecule has 1 aliphatic rings. The SMILES string of the molecule is CCNC(=O)CCN1CCC[C@@H](N)C1. The zero-order valence-corrected chi connectivity index (χ0v) is 8.96. The van der Waals surface area contributed by atoms with Crippen molar-refractivity contribution in [1.29, 1.82) is 0 Å². The number of nitrogens with two attached hydrogens (primary N) is 1. The molecular weight excluding hydrogens is 178 g/mol. The van der Waals surface area contributed by atoms with Crippen LogP contribution in [0.4, 0.5) is 0 Å². The van der Waals surface area contributed by atoms with E-state index >= 15 is 0 Å². The molecule has 0 saturated carbocycles. The normalized spacial score (nSPS) is 23.4. The molecule has 0 spiro atoms. The van der Waals surface area contributed by atoms with Crippen molar-refractivity contribution in [3.63, 3.8) is 0 Å². The Morgan fingerprint density at radius 3 is 3.07 bits per heavy atom. The van der Waals surface area contributed by atoms with Gasteiger partial charge in [-0.2, -0.15) is 0 Å². The summed E-state index contributed by atoms with van der Waals surface area (Å²) in [6.07, 6.45) is 2.88. The van der Waals surface area contributed by atoms with Gasteiger partial charge in [0.2, 0.25) is 5.91 Å². The van der Waals surface area contributed by atoms with E-state index < -0.39 is 0 Å².